The van der Waals surface area contributed by atoms with Gasteiger partial charge in [0.2, 0.25) is 0 Å². The van der Waals surface area contributed by atoms with Gasteiger partial charge >= 0.3 is 6.09 Å². The van der Waals surface area contributed by atoms with Gasteiger partial charge in [-0.15, -0.1) is 0 Å². The largest absolute Gasteiger partial charge is 0.437 e. The van der Waals surface area contributed by atoms with Crippen LogP contribution in [0.3, 0.4) is 0 Å². The molecule has 3 aromatic rings. The van der Waals surface area contributed by atoms with Crippen molar-refractivity contribution < 1.29 is 9.53 Å². The SMILES string of the molecule is O=C1N[C@H](c2cncc(C#Cc3ccccc3)c2)[C@H](c2ccncn2)O1. The molecule has 1 saturated heterocycles. The molecule has 2 atom stereocenters. The maximum atomic E-state index is 11.8. The minimum atomic E-state index is -0.537. The highest BCUT2D eigenvalue weighted by atomic mass is 16.6. The van der Waals surface area contributed by atoms with Gasteiger partial charge in [0, 0.05) is 29.7 Å². The number of amides is 1. The lowest BCUT2D eigenvalue weighted by Gasteiger charge is -2.16. The maximum absolute atomic E-state index is 11.8. The molecule has 1 aliphatic heterocycles. The quantitative estimate of drug-likeness (QED) is 0.725. The summed E-state index contributed by atoms with van der Waals surface area (Å²) in [5.74, 6) is 6.20. The van der Waals surface area contributed by atoms with Gasteiger partial charge in [0.15, 0.2) is 6.10 Å². The molecular weight excluding hydrogens is 328 g/mol. The van der Waals surface area contributed by atoms with Gasteiger partial charge in [-0.2, -0.15) is 0 Å². The fourth-order valence-corrected chi connectivity index (χ4v) is 2.74. The van der Waals surface area contributed by atoms with E-state index in [2.05, 4.69) is 32.1 Å². The zero-order chi connectivity index (χ0) is 17.8. The van der Waals surface area contributed by atoms with Crippen molar-refractivity contribution in [1.29, 1.82) is 0 Å². The molecule has 0 saturated carbocycles. The molecule has 1 aliphatic rings. The highest BCUT2D eigenvalue weighted by molar-refractivity contribution is 5.71. The Hall–Kier alpha value is -3.72. The molecular formula is C20H14N4O2. The number of rotatable bonds is 2. The second-order valence-corrected chi connectivity index (χ2v) is 5.71. The lowest BCUT2D eigenvalue weighted by atomic mass is 10.00. The number of alkyl carbamates (subject to hydrolysis) is 1. The van der Waals surface area contributed by atoms with E-state index in [4.69, 9.17) is 4.74 Å². The van der Waals surface area contributed by atoms with E-state index in [0.29, 0.717) is 5.69 Å². The smallest absolute Gasteiger partial charge is 0.408 e. The van der Waals surface area contributed by atoms with Crippen LogP contribution < -0.4 is 5.32 Å². The van der Waals surface area contributed by atoms with Gasteiger partial charge in [0.25, 0.3) is 0 Å². The van der Waals surface area contributed by atoms with Crippen molar-refractivity contribution in [2.24, 2.45) is 0 Å². The van der Waals surface area contributed by atoms with Crippen molar-refractivity contribution in [3.05, 3.63) is 89.8 Å². The van der Waals surface area contributed by atoms with E-state index in [1.807, 2.05) is 36.4 Å². The van der Waals surface area contributed by atoms with Gasteiger partial charge in [0.05, 0.1) is 5.69 Å². The Balaban J connectivity index is 1.63. The minimum absolute atomic E-state index is 0.386. The van der Waals surface area contributed by atoms with E-state index in [-0.39, 0.29) is 6.04 Å². The van der Waals surface area contributed by atoms with Crippen LogP contribution >= 0.6 is 0 Å². The van der Waals surface area contributed by atoms with E-state index in [0.717, 1.165) is 16.7 Å². The van der Waals surface area contributed by atoms with Crippen molar-refractivity contribution in [2.75, 3.05) is 0 Å². The van der Waals surface area contributed by atoms with Gasteiger partial charge in [-0.1, -0.05) is 30.0 Å². The van der Waals surface area contributed by atoms with Crippen LogP contribution in [0.4, 0.5) is 4.79 Å². The summed E-state index contributed by atoms with van der Waals surface area (Å²) < 4.78 is 5.38. The summed E-state index contributed by atoms with van der Waals surface area (Å²) in [4.78, 5) is 24.1. The van der Waals surface area contributed by atoms with E-state index >= 15 is 0 Å². The predicted octanol–water partition coefficient (Wildman–Crippen LogP) is 2.79. The molecule has 0 bridgehead atoms. The first-order valence-corrected chi connectivity index (χ1v) is 8.05. The lowest BCUT2D eigenvalue weighted by molar-refractivity contribution is 0.129. The molecule has 2 aromatic heterocycles. The molecule has 0 radical (unpaired) electrons. The number of ether oxygens (including phenoxy) is 1. The number of hydrogen-bond donors (Lipinski definition) is 1. The molecule has 1 N–H and O–H groups in total. The third-order valence-corrected chi connectivity index (χ3v) is 3.95. The zero-order valence-corrected chi connectivity index (χ0v) is 13.7. The summed E-state index contributed by atoms with van der Waals surface area (Å²) in [5, 5.41) is 2.81. The second-order valence-electron chi connectivity index (χ2n) is 5.71. The van der Waals surface area contributed by atoms with Crippen LogP contribution in [-0.4, -0.2) is 21.0 Å². The number of hydrogen-bond acceptors (Lipinski definition) is 5. The molecule has 4 rings (SSSR count). The van der Waals surface area contributed by atoms with E-state index < -0.39 is 12.2 Å². The van der Waals surface area contributed by atoms with E-state index in [9.17, 15) is 4.79 Å². The molecule has 0 aliphatic carbocycles. The summed E-state index contributed by atoms with van der Waals surface area (Å²) in [6.07, 6.45) is 5.41. The number of cyclic esters (lactones) is 1. The Labute approximate surface area is 150 Å². The molecule has 26 heavy (non-hydrogen) atoms. The summed E-state index contributed by atoms with van der Waals surface area (Å²) in [5.41, 5.74) is 3.12. The molecule has 0 unspecified atom stereocenters. The van der Waals surface area contributed by atoms with Gasteiger partial charge in [-0.25, -0.2) is 14.8 Å². The fourth-order valence-electron chi connectivity index (χ4n) is 2.74. The number of benzene rings is 1. The van der Waals surface area contributed by atoms with Crippen LogP contribution in [0, 0.1) is 11.8 Å². The third kappa shape index (κ3) is 3.37. The van der Waals surface area contributed by atoms with Gasteiger partial charge < -0.3 is 10.1 Å². The van der Waals surface area contributed by atoms with Crippen molar-refractivity contribution in [3.63, 3.8) is 0 Å². The van der Waals surface area contributed by atoms with Crippen molar-refractivity contribution in [3.8, 4) is 11.8 Å². The Kier molecular flexibility index (Phi) is 4.27. The molecule has 3 heterocycles. The molecule has 126 valence electrons. The number of nitrogens with one attached hydrogen (secondary N) is 1. The van der Waals surface area contributed by atoms with Crippen molar-refractivity contribution in [1.82, 2.24) is 20.3 Å². The average molecular weight is 342 g/mol. The van der Waals surface area contributed by atoms with Crippen molar-refractivity contribution in [2.45, 2.75) is 12.1 Å². The second kappa shape index (κ2) is 7.03. The molecule has 1 fully saturated rings. The monoisotopic (exact) mass is 342 g/mol. The molecule has 6 nitrogen and oxygen atoms in total. The van der Waals surface area contributed by atoms with Crippen molar-refractivity contribution >= 4 is 6.09 Å². The highest BCUT2D eigenvalue weighted by Gasteiger charge is 2.37. The Morgan fingerprint density at radius 3 is 2.65 bits per heavy atom. The number of nitrogens with zero attached hydrogens (tertiary/aromatic N) is 3. The standard InChI is InChI=1S/C20H14N4O2/c25-20-24-18(19(26-20)17-8-9-21-13-23-17)16-10-15(11-22-12-16)7-6-14-4-2-1-3-5-14/h1-5,8-13,18-19H,(H,24,25)/t18-,19+/m1/s1. The first kappa shape index (κ1) is 15.8. The van der Waals surface area contributed by atoms with Gasteiger partial charge in [0.1, 0.15) is 12.4 Å². The molecule has 1 aromatic carbocycles. The van der Waals surface area contributed by atoms with E-state index in [1.54, 1.807) is 24.7 Å². The molecule has 6 heteroatoms. The zero-order valence-electron chi connectivity index (χ0n) is 13.7. The van der Waals surface area contributed by atoms with Crippen LogP contribution in [0.1, 0.15) is 34.5 Å². The first-order chi connectivity index (χ1) is 12.8. The van der Waals surface area contributed by atoms with Crippen LogP contribution in [0.2, 0.25) is 0 Å². The molecule has 0 spiro atoms. The summed E-state index contributed by atoms with van der Waals surface area (Å²) in [6, 6.07) is 13.0. The Morgan fingerprint density at radius 2 is 1.85 bits per heavy atom. The fraction of sp³-hybridized carbons (Fsp3) is 0.100. The summed E-state index contributed by atoms with van der Waals surface area (Å²) >= 11 is 0. The highest BCUT2D eigenvalue weighted by Crippen LogP contribution is 2.35. The topological polar surface area (TPSA) is 77.0 Å². The van der Waals surface area contributed by atoms with Gasteiger partial charge in [-0.05, 0) is 29.8 Å². The summed E-state index contributed by atoms with van der Waals surface area (Å²) in [7, 11) is 0. The number of pyridine rings is 1. The normalized spacial score (nSPS) is 18.4. The maximum Gasteiger partial charge on any atom is 0.408 e. The van der Waals surface area contributed by atoms with Crippen LogP contribution in [0.25, 0.3) is 0 Å². The number of carbonyl (C=O) groups excluding carboxylic acids is 1. The summed E-state index contributed by atoms with van der Waals surface area (Å²) in [6.45, 7) is 0. The Morgan fingerprint density at radius 1 is 1.00 bits per heavy atom. The molecule has 1 amide bonds. The lowest BCUT2D eigenvalue weighted by Crippen LogP contribution is -2.20. The minimum Gasteiger partial charge on any atom is -0.437 e. The van der Waals surface area contributed by atoms with E-state index in [1.165, 1.54) is 6.33 Å². The van der Waals surface area contributed by atoms with Crippen LogP contribution in [-0.2, 0) is 4.74 Å². The predicted molar refractivity (Wildman–Crippen MR) is 93.8 cm³/mol. The van der Waals surface area contributed by atoms with Crippen LogP contribution in [0.15, 0.2) is 67.4 Å². The Bertz CT molecular complexity index is 981. The van der Waals surface area contributed by atoms with Gasteiger partial charge in [-0.3, -0.25) is 4.98 Å². The number of carbonyl (C=O) groups is 1. The third-order valence-electron chi connectivity index (χ3n) is 3.95. The first-order valence-electron chi connectivity index (χ1n) is 8.05. The number of aromatic nitrogens is 3. The average Bonchev–Trinajstić information content (AvgIpc) is 3.10. The van der Waals surface area contributed by atoms with Crippen LogP contribution in [0.5, 0.6) is 0 Å².